The number of ether oxygens (including phenoxy) is 2. The zero-order chi connectivity index (χ0) is 9.56. The van der Waals surface area contributed by atoms with Crippen molar-refractivity contribution >= 4 is 11.9 Å². The molecule has 0 aliphatic heterocycles. The monoisotopic (exact) mass is 159 g/mol. The van der Waals surface area contributed by atoms with Crippen LogP contribution < -0.4 is 0 Å². The molecule has 62 valence electrons. The number of esters is 2. The average molecular weight is 159 g/mol. The van der Waals surface area contributed by atoms with E-state index in [0.717, 1.165) is 6.92 Å². The van der Waals surface area contributed by atoms with Crippen molar-refractivity contribution in [2.45, 2.75) is 13.8 Å². The number of hydrogen-bond acceptors (Lipinski definition) is 4. The fourth-order valence-corrected chi connectivity index (χ4v) is 0.399. The highest BCUT2D eigenvalue weighted by Crippen LogP contribution is 1.96. The van der Waals surface area contributed by atoms with Crippen molar-refractivity contribution in [3.63, 3.8) is 0 Å². The van der Waals surface area contributed by atoms with E-state index in [1.54, 1.807) is 6.92 Å². The van der Waals surface area contributed by atoms with Gasteiger partial charge in [0.2, 0.25) is 5.76 Å². The molecule has 0 rings (SSSR count). The van der Waals surface area contributed by atoms with E-state index in [0.29, 0.717) is 6.55 Å². The van der Waals surface area contributed by atoms with E-state index in [1.807, 2.05) is 0 Å². The number of carbonyl (C=O) groups is 2. The van der Waals surface area contributed by atoms with Crippen LogP contribution >= 0.6 is 0 Å². The minimum absolute atomic E-state index is 0.178. The van der Waals surface area contributed by atoms with Crippen molar-refractivity contribution in [1.29, 1.82) is 0 Å². The maximum absolute atomic E-state index is 10.8. The van der Waals surface area contributed by atoms with Gasteiger partial charge in [0.15, 0.2) is 0 Å². The molecular formula is C7H10O4. The second-order valence-electron chi connectivity index (χ2n) is 1.68. The minimum atomic E-state index is -0.803. The average Bonchev–Trinajstić information content (AvgIpc) is 2.00. The van der Waals surface area contributed by atoms with Gasteiger partial charge >= 0.3 is 11.9 Å². The molecule has 11 heavy (non-hydrogen) atoms. The predicted octanol–water partition coefficient (Wildman–Crippen LogP) is 0.626. The van der Waals surface area contributed by atoms with Gasteiger partial charge in [-0.1, -0.05) is 0 Å². The van der Waals surface area contributed by atoms with E-state index in [-0.39, 0.29) is 6.61 Å². The molecule has 0 radical (unpaired) electrons. The third-order valence-corrected chi connectivity index (χ3v) is 0.730. The molecule has 4 heteroatoms. The topological polar surface area (TPSA) is 52.6 Å². The van der Waals surface area contributed by atoms with Gasteiger partial charge < -0.3 is 9.47 Å². The van der Waals surface area contributed by atoms with E-state index in [9.17, 15) is 9.59 Å². The first-order valence-corrected chi connectivity index (χ1v) is 3.06. The Morgan fingerprint density at radius 2 is 2.27 bits per heavy atom. The SMILES string of the molecule is [2H]C=C(OC(C)=O)C(=O)OCC. The first-order chi connectivity index (χ1) is 5.61. The van der Waals surface area contributed by atoms with Crippen LogP contribution in [0.4, 0.5) is 0 Å². The van der Waals surface area contributed by atoms with Gasteiger partial charge in [-0.15, -0.1) is 0 Å². The van der Waals surface area contributed by atoms with Crippen LogP contribution in [0.5, 0.6) is 0 Å². The summed E-state index contributed by atoms with van der Waals surface area (Å²) in [6, 6.07) is 0. The second-order valence-corrected chi connectivity index (χ2v) is 1.68. The van der Waals surface area contributed by atoms with Gasteiger partial charge in [-0.3, -0.25) is 4.79 Å². The van der Waals surface area contributed by atoms with Crippen LogP contribution in [0.15, 0.2) is 12.3 Å². The molecule has 0 aliphatic carbocycles. The van der Waals surface area contributed by atoms with E-state index in [2.05, 4.69) is 9.47 Å². The Labute approximate surface area is 66.2 Å². The Bertz CT molecular complexity index is 209. The number of hydrogen-bond donors (Lipinski definition) is 0. The van der Waals surface area contributed by atoms with E-state index in [4.69, 9.17) is 1.37 Å². The van der Waals surface area contributed by atoms with Crippen LogP contribution in [0.2, 0.25) is 0 Å². The first kappa shape index (κ1) is 7.78. The molecule has 0 fully saturated rings. The molecule has 0 unspecified atom stereocenters. The van der Waals surface area contributed by atoms with Crippen LogP contribution in [-0.2, 0) is 19.1 Å². The molecule has 0 aromatic carbocycles. The van der Waals surface area contributed by atoms with Gasteiger partial charge in [-0.05, 0) is 13.5 Å². The summed E-state index contributed by atoms with van der Waals surface area (Å²) in [7, 11) is 0. The Hall–Kier alpha value is -1.32. The molecule has 0 atom stereocenters. The molecule has 0 aromatic heterocycles. The van der Waals surface area contributed by atoms with Crippen LogP contribution in [0.25, 0.3) is 0 Å². The lowest BCUT2D eigenvalue weighted by atomic mass is 10.5. The Balaban J connectivity index is 4.17. The molecule has 0 saturated carbocycles. The third kappa shape index (κ3) is 4.13. The summed E-state index contributed by atoms with van der Waals surface area (Å²) < 4.78 is 15.6. The summed E-state index contributed by atoms with van der Waals surface area (Å²) >= 11 is 0. The highest BCUT2D eigenvalue weighted by molar-refractivity contribution is 5.88. The summed E-state index contributed by atoms with van der Waals surface area (Å²) in [6.45, 7) is 3.58. The van der Waals surface area contributed by atoms with Gasteiger partial charge in [0.25, 0.3) is 0 Å². The van der Waals surface area contributed by atoms with Gasteiger partial charge in [0, 0.05) is 6.92 Å². The molecule has 0 spiro atoms. The molecule has 0 amide bonds. The quantitative estimate of drug-likeness (QED) is 0.344. The molecule has 4 nitrogen and oxygen atoms in total. The van der Waals surface area contributed by atoms with Crippen molar-refractivity contribution in [2.24, 2.45) is 0 Å². The lowest BCUT2D eigenvalue weighted by Gasteiger charge is -2.02. The largest absolute Gasteiger partial charge is 0.460 e. The molecule has 0 heterocycles. The fourth-order valence-electron chi connectivity index (χ4n) is 0.399. The summed E-state index contributed by atoms with van der Waals surface area (Å²) in [6.07, 6.45) is 0. The lowest BCUT2D eigenvalue weighted by molar-refractivity contribution is -0.149. The van der Waals surface area contributed by atoms with Gasteiger partial charge in [0.05, 0.1) is 7.98 Å². The minimum Gasteiger partial charge on any atom is -0.460 e. The van der Waals surface area contributed by atoms with Crippen molar-refractivity contribution in [3.05, 3.63) is 12.3 Å². The summed E-state index contributed by atoms with van der Waals surface area (Å²) in [5.41, 5.74) is 0. The van der Waals surface area contributed by atoms with Crippen molar-refractivity contribution in [1.82, 2.24) is 0 Å². The number of rotatable bonds is 3. The standard InChI is InChI=1S/C7H10O4/c1-4-10-7(9)5(2)11-6(3)8/h2,4H2,1,3H3/i2D. The Kier molecular flexibility index (Phi) is 3.18. The van der Waals surface area contributed by atoms with Crippen molar-refractivity contribution < 1.29 is 20.4 Å². The van der Waals surface area contributed by atoms with Crippen LogP contribution in [0.1, 0.15) is 15.2 Å². The van der Waals surface area contributed by atoms with E-state index < -0.39 is 17.7 Å². The fraction of sp³-hybridized carbons (Fsp3) is 0.429. The van der Waals surface area contributed by atoms with Gasteiger partial charge in [-0.25, -0.2) is 4.79 Å². The van der Waals surface area contributed by atoms with Crippen molar-refractivity contribution in [3.8, 4) is 0 Å². The highest BCUT2D eigenvalue weighted by Gasteiger charge is 2.10. The molecule has 0 saturated heterocycles. The summed E-state index contributed by atoms with van der Waals surface area (Å²) in [5.74, 6) is -1.85. The van der Waals surface area contributed by atoms with E-state index in [1.165, 1.54) is 0 Å². The maximum atomic E-state index is 10.8. The molecule has 0 N–H and O–H groups in total. The first-order valence-electron chi connectivity index (χ1n) is 3.63. The van der Waals surface area contributed by atoms with Crippen LogP contribution in [0.3, 0.4) is 0 Å². The summed E-state index contributed by atoms with van der Waals surface area (Å²) in [4.78, 5) is 21.2. The highest BCUT2D eigenvalue weighted by atomic mass is 16.6. The van der Waals surface area contributed by atoms with Gasteiger partial charge in [0.1, 0.15) is 0 Å². The smallest absolute Gasteiger partial charge is 0.373 e. The number of carbonyl (C=O) groups excluding carboxylic acids is 2. The summed E-state index contributed by atoms with van der Waals surface area (Å²) in [5, 5.41) is 0. The zero-order valence-electron chi connectivity index (χ0n) is 7.42. The Morgan fingerprint density at radius 3 is 2.64 bits per heavy atom. The molecule has 0 bridgehead atoms. The third-order valence-electron chi connectivity index (χ3n) is 0.730. The predicted molar refractivity (Wildman–Crippen MR) is 37.5 cm³/mol. The molecule has 0 aromatic rings. The van der Waals surface area contributed by atoms with Crippen LogP contribution in [-0.4, -0.2) is 18.5 Å². The van der Waals surface area contributed by atoms with Gasteiger partial charge in [-0.2, -0.15) is 0 Å². The Morgan fingerprint density at radius 1 is 1.64 bits per heavy atom. The normalized spacial score (nSPS) is 11.8. The van der Waals surface area contributed by atoms with E-state index >= 15 is 0 Å². The molecular weight excluding hydrogens is 148 g/mol. The second kappa shape index (κ2) is 4.49. The van der Waals surface area contributed by atoms with Crippen LogP contribution in [0, 0.1) is 0 Å². The van der Waals surface area contributed by atoms with Crippen molar-refractivity contribution in [2.75, 3.05) is 6.61 Å². The maximum Gasteiger partial charge on any atom is 0.373 e. The zero-order valence-corrected chi connectivity index (χ0v) is 6.42. The molecule has 0 aliphatic rings. The lowest BCUT2D eigenvalue weighted by Crippen LogP contribution is -2.11.